The van der Waals surface area contributed by atoms with E-state index in [1.54, 1.807) is 0 Å². The smallest absolute Gasteiger partial charge is 0.0659 e. The second-order valence-corrected chi connectivity index (χ2v) is 6.08. The van der Waals surface area contributed by atoms with E-state index >= 15 is 0 Å². The quantitative estimate of drug-likeness (QED) is 0.896. The van der Waals surface area contributed by atoms with E-state index in [0.717, 1.165) is 32.7 Å². The molecule has 1 unspecified atom stereocenters. The fraction of sp³-hybridized carbons (Fsp3) is 0.471. The van der Waals surface area contributed by atoms with Crippen molar-refractivity contribution in [2.45, 2.75) is 19.1 Å². The molecule has 2 aromatic rings. The Kier molecular flexibility index (Phi) is 4.87. The van der Waals surface area contributed by atoms with Crippen molar-refractivity contribution in [1.29, 1.82) is 0 Å². The van der Waals surface area contributed by atoms with Gasteiger partial charge < -0.3 is 5.11 Å². The molecule has 1 aliphatic rings. The third-order valence-electron chi connectivity index (χ3n) is 4.37. The number of nitrogens with zero attached hydrogens (tertiary/aromatic N) is 4. The van der Waals surface area contributed by atoms with E-state index in [-0.39, 0.29) is 12.6 Å². The lowest BCUT2D eigenvalue weighted by molar-refractivity contribution is 0.0540. The lowest BCUT2D eigenvalue weighted by Gasteiger charge is -2.38. The van der Waals surface area contributed by atoms with Gasteiger partial charge in [0, 0.05) is 44.6 Å². The molecule has 1 aromatic carbocycles. The average molecular weight is 300 g/mol. The third kappa shape index (κ3) is 3.74. The Morgan fingerprint density at radius 2 is 2.00 bits per heavy atom. The van der Waals surface area contributed by atoms with E-state index in [9.17, 15) is 5.11 Å². The van der Waals surface area contributed by atoms with Crippen LogP contribution in [0.3, 0.4) is 0 Å². The first-order valence-electron chi connectivity index (χ1n) is 7.83. The molecule has 1 aromatic heterocycles. The van der Waals surface area contributed by atoms with Gasteiger partial charge in [-0.15, -0.1) is 0 Å². The Hall–Kier alpha value is -1.69. The fourth-order valence-electron chi connectivity index (χ4n) is 3.02. The number of aliphatic hydroxyl groups excluding tert-OH is 1. The molecule has 2 heterocycles. The van der Waals surface area contributed by atoms with Gasteiger partial charge >= 0.3 is 0 Å². The molecule has 0 saturated carbocycles. The van der Waals surface area contributed by atoms with Crippen LogP contribution in [-0.2, 0) is 13.1 Å². The molecule has 0 radical (unpaired) electrons. The molecular weight excluding hydrogens is 276 g/mol. The number of likely N-dealkylation sites (N-methyl/N-ethyl adjacent to an activating group) is 1. The van der Waals surface area contributed by atoms with Crippen LogP contribution in [0.4, 0.5) is 0 Å². The average Bonchev–Trinajstić information content (AvgIpc) is 3.02. The predicted octanol–water partition coefficient (Wildman–Crippen LogP) is 1.04. The number of hydrogen-bond acceptors (Lipinski definition) is 4. The van der Waals surface area contributed by atoms with Crippen LogP contribution in [0.1, 0.15) is 11.1 Å². The molecule has 118 valence electrons. The van der Waals surface area contributed by atoms with Gasteiger partial charge in [0.2, 0.25) is 0 Å². The van der Waals surface area contributed by atoms with Crippen molar-refractivity contribution in [3.05, 3.63) is 53.9 Å². The normalized spacial score (nSPS) is 20.4. The van der Waals surface area contributed by atoms with Crippen molar-refractivity contribution in [2.75, 3.05) is 33.3 Å². The molecule has 5 nitrogen and oxygen atoms in total. The van der Waals surface area contributed by atoms with E-state index in [1.165, 1.54) is 11.1 Å². The highest BCUT2D eigenvalue weighted by Crippen LogP contribution is 2.13. The summed E-state index contributed by atoms with van der Waals surface area (Å²) in [7, 11) is 2.09. The summed E-state index contributed by atoms with van der Waals surface area (Å²) in [6.45, 7) is 4.97. The van der Waals surface area contributed by atoms with Crippen LogP contribution in [0.25, 0.3) is 0 Å². The van der Waals surface area contributed by atoms with Gasteiger partial charge in [-0.05, 0) is 24.2 Å². The van der Waals surface area contributed by atoms with E-state index in [4.69, 9.17) is 0 Å². The van der Waals surface area contributed by atoms with E-state index in [2.05, 4.69) is 46.2 Å². The molecule has 1 N–H and O–H groups in total. The van der Waals surface area contributed by atoms with Crippen molar-refractivity contribution in [2.24, 2.45) is 0 Å². The lowest BCUT2D eigenvalue weighted by atomic mass is 10.1. The number of aliphatic hydroxyl groups is 1. The largest absolute Gasteiger partial charge is 0.395 e. The maximum atomic E-state index is 9.46. The van der Waals surface area contributed by atoms with Crippen LogP contribution in [0.2, 0.25) is 0 Å². The highest BCUT2D eigenvalue weighted by molar-refractivity contribution is 5.23. The summed E-state index contributed by atoms with van der Waals surface area (Å²) < 4.78 is 1.94. The van der Waals surface area contributed by atoms with E-state index in [1.807, 2.05) is 23.1 Å². The van der Waals surface area contributed by atoms with Crippen LogP contribution >= 0.6 is 0 Å². The Morgan fingerprint density at radius 1 is 1.18 bits per heavy atom. The monoisotopic (exact) mass is 300 g/mol. The maximum Gasteiger partial charge on any atom is 0.0659 e. The standard InChI is InChI=1S/C17H24N4O/c1-19-8-9-20(13-17(19)14-22)11-15-4-2-5-16(10-15)12-21-7-3-6-18-21/h2-7,10,17,22H,8-9,11-14H2,1H3. The molecule has 1 fully saturated rings. The van der Waals surface area contributed by atoms with E-state index in [0.29, 0.717) is 0 Å². The van der Waals surface area contributed by atoms with Gasteiger partial charge in [0.1, 0.15) is 0 Å². The Bertz CT molecular complexity index is 584. The van der Waals surface area contributed by atoms with Crippen molar-refractivity contribution in [3.63, 3.8) is 0 Å². The zero-order valence-corrected chi connectivity index (χ0v) is 13.1. The van der Waals surface area contributed by atoms with E-state index < -0.39 is 0 Å². The highest BCUT2D eigenvalue weighted by Gasteiger charge is 2.23. The number of benzene rings is 1. The van der Waals surface area contributed by atoms with Crippen molar-refractivity contribution in [1.82, 2.24) is 19.6 Å². The van der Waals surface area contributed by atoms with Gasteiger partial charge in [-0.3, -0.25) is 14.5 Å². The van der Waals surface area contributed by atoms with Crippen molar-refractivity contribution < 1.29 is 5.11 Å². The summed E-state index contributed by atoms with van der Waals surface area (Å²) in [6.07, 6.45) is 3.79. The molecule has 0 spiro atoms. The second kappa shape index (κ2) is 7.05. The molecule has 0 aliphatic carbocycles. The topological polar surface area (TPSA) is 44.5 Å². The predicted molar refractivity (Wildman–Crippen MR) is 86.6 cm³/mol. The summed E-state index contributed by atoms with van der Waals surface area (Å²) in [5.74, 6) is 0. The Balaban J connectivity index is 1.63. The zero-order chi connectivity index (χ0) is 15.4. The molecule has 3 rings (SSSR count). The number of aromatic nitrogens is 2. The number of piperazine rings is 1. The summed E-state index contributed by atoms with van der Waals surface area (Å²) in [5, 5.41) is 13.7. The molecule has 0 amide bonds. The summed E-state index contributed by atoms with van der Waals surface area (Å²) in [4.78, 5) is 4.67. The minimum atomic E-state index is 0.229. The van der Waals surface area contributed by atoms with Gasteiger partial charge in [0.25, 0.3) is 0 Å². The van der Waals surface area contributed by atoms with Crippen LogP contribution < -0.4 is 0 Å². The van der Waals surface area contributed by atoms with Crippen molar-refractivity contribution >= 4 is 0 Å². The van der Waals surface area contributed by atoms with Crippen molar-refractivity contribution in [3.8, 4) is 0 Å². The molecule has 0 bridgehead atoms. The minimum absolute atomic E-state index is 0.229. The van der Waals surface area contributed by atoms with Gasteiger partial charge in [0.05, 0.1) is 13.2 Å². The fourth-order valence-corrected chi connectivity index (χ4v) is 3.02. The SMILES string of the molecule is CN1CCN(Cc2cccc(Cn3cccn3)c2)CC1CO. The van der Waals surface area contributed by atoms with Gasteiger partial charge in [-0.1, -0.05) is 24.3 Å². The van der Waals surface area contributed by atoms with Crippen LogP contribution in [-0.4, -0.2) is 64.0 Å². The molecule has 1 aliphatic heterocycles. The van der Waals surface area contributed by atoms with Crippen LogP contribution in [0.15, 0.2) is 42.7 Å². The summed E-state index contributed by atoms with van der Waals surface area (Å²) >= 11 is 0. The third-order valence-corrected chi connectivity index (χ3v) is 4.37. The first-order valence-corrected chi connectivity index (χ1v) is 7.83. The highest BCUT2D eigenvalue weighted by atomic mass is 16.3. The Morgan fingerprint density at radius 3 is 2.73 bits per heavy atom. The number of rotatable bonds is 5. The molecule has 1 atom stereocenters. The maximum absolute atomic E-state index is 9.46. The molecule has 5 heteroatoms. The van der Waals surface area contributed by atoms with Gasteiger partial charge in [-0.25, -0.2) is 0 Å². The minimum Gasteiger partial charge on any atom is -0.395 e. The zero-order valence-electron chi connectivity index (χ0n) is 13.1. The van der Waals surface area contributed by atoms with Crippen LogP contribution in [0, 0.1) is 0 Å². The molecular formula is C17H24N4O. The number of hydrogen-bond donors (Lipinski definition) is 1. The summed E-state index contributed by atoms with van der Waals surface area (Å²) in [6, 6.07) is 10.9. The van der Waals surface area contributed by atoms with Gasteiger partial charge in [-0.2, -0.15) is 5.10 Å². The lowest BCUT2D eigenvalue weighted by Crippen LogP contribution is -2.52. The molecule has 1 saturated heterocycles. The second-order valence-electron chi connectivity index (χ2n) is 6.08. The Labute approximate surface area is 131 Å². The van der Waals surface area contributed by atoms with Gasteiger partial charge in [0.15, 0.2) is 0 Å². The molecule has 22 heavy (non-hydrogen) atoms. The first-order chi connectivity index (χ1) is 10.7. The first kappa shape index (κ1) is 15.2. The van der Waals surface area contributed by atoms with Crippen LogP contribution in [0.5, 0.6) is 0 Å². The summed E-state index contributed by atoms with van der Waals surface area (Å²) in [5.41, 5.74) is 2.60.